The van der Waals surface area contributed by atoms with Crippen LogP contribution in [0.15, 0.2) is 229 Å². The van der Waals surface area contributed by atoms with Gasteiger partial charge in [0.15, 0.2) is 5.58 Å². The summed E-state index contributed by atoms with van der Waals surface area (Å²) in [5.41, 5.74) is 14.0. The number of rotatable bonds is 7. The average Bonchev–Trinajstić information content (AvgIpc) is 4.07. The maximum atomic E-state index is 7.24. The lowest BCUT2D eigenvalue weighted by atomic mass is 9.96. The molecule has 0 aliphatic rings. The molecule has 0 N–H and O–H groups in total. The van der Waals surface area contributed by atoms with Gasteiger partial charge in [0.1, 0.15) is 5.58 Å². The minimum atomic E-state index is 0.845. The molecule has 3 aromatic heterocycles. The molecule has 0 unspecified atom stereocenters. The van der Waals surface area contributed by atoms with Crippen molar-refractivity contribution in [2.24, 2.45) is 0 Å². The van der Waals surface area contributed by atoms with Gasteiger partial charge in [-0.15, -0.1) is 22.7 Å². The standard InChI is InChI=1S/C60H37NOS2/c1-3-12-40(13-4-1)46-32-33-53(60-58(46)50-19-11-18-47(59(50)62-60)41-14-5-2-6-15-41)61(44-28-22-38(23-29-44)42-26-34-56-51(36-42)48-16-7-9-20-54(48)63-56)45-30-24-39(25-31-45)43-27-35-57-52(37-43)49-17-8-10-21-55(49)64-57/h1-37H. The Kier molecular flexibility index (Phi) is 8.61. The van der Waals surface area contributed by atoms with E-state index >= 15 is 0 Å². The lowest BCUT2D eigenvalue weighted by Crippen LogP contribution is -2.10. The number of fused-ring (bicyclic) bond motifs is 9. The number of anilines is 3. The summed E-state index contributed by atoms with van der Waals surface area (Å²) in [5, 5.41) is 7.41. The molecule has 0 fully saturated rings. The van der Waals surface area contributed by atoms with Crippen LogP contribution in [-0.4, -0.2) is 0 Å². The number of thiophene rings is 2. The van der Waals surface area contributed by atoms with Gasteiger partial charge in [-0.1, -0.05) is 158 Å². The summed E-state index contributed by atoms with van der Waals surface area (Å²) < 4.78 is 12.5. The van der Waals surface area contributed by atoms with Crippen molar-refractivity contribution < 1.29 is 4.42 Å². The van der Waals surface area contributed by atoms with E-state index in [1.807, 2.05) is 22.7 Å². The molecule has 0 saturated heterocycles. The van der Waals surface area contributed by atoms with E-state index in [4.69, 9.17) is 4.42 Å². The zero-order chi connectivity index (χ0) is 42.1. The first-order chi connectivity index (χ1) is 31.7. The van der Waals surface area contributed by atoms with Crippen molar-refractivity contribution in [1.82, 2.24) is 0 Å². The Labute approximate surface area is 378 Å². The predicted octanol–water partition coefficient (Wildman–Crippen LogP) is 18.5. The van der Waals surface area contributed by atoms with Gasteiger partial charge in [-0.3, -0.25) is 0 Å². The maximum absolute atomic E-state index is 7.24. The Balaban J connectivity index is 0.994. The smallest absolute Gasteiger partial charge is 0.160 e. The highest BCUT2D eigenvalue weighted by Gasteiger charge is 2.24. The van der Waals surface area contributed by atoms with E-state index in [-0.39, 0.29) is 0 Å². The summed E-state index contributed by atoms with van der Waals surface area (Å²) in [6, 6.07) is 81.5. The van der Waals surface area contributed by atoms with Gasteiger partial charge >= 0.3 is 0 Å². The molecule has 0 atom stereocenters. The van der Waals surface area contributed by atoms with Crippen LogP contribution in [0, 0.1) is 0 Å². The van der Waals surface area contributed by atoms with Gasteiger partial charge in [-0.05, 0) is 106 Å². The first-order valence-corrected chi connectivity index (χ1v) is 23.3. The Hall–Kier alpha value is -7.76. The number of hydrogen-bond acceptors (Lipinski definition) is 4. The van der Waals surface area contributed by atoms with Crippen molar-refractivity contribution in [1.29, 1.82) is 0 Å². The molecular weight excluding hydrogens is 815 g/mol. The molecule has 2 nitrogen and oxygen atoms in total. The first kappa shape index (κ1) is 36.9. The monoisotopic (exact) mass is 851 g/mol. The van der Waals surface area contributed by atoms with E-state index in [0.29, 0.717) is 0 Å². The quantitative estimate of drug-likeness (QED) is 0.159. The summed E-state index contributed by atoms with van der Waals surface area (Å²) in [7, 11) is 0. The summed E-state index contributed by atoms with van der Waals surface area (Å²) in [4.78, 5) is 2.36. The second-order valence-electron chi connectivity index (χ2n) is 16.4. The van der Waals surface area contributed by atoms with E-state index in [0.717, 1.165) is 61.3 Å². The third-order valence-corrected chi connectivity index (χ3v) is 15.0. The highest BCUT2D eigenvalue weighted by molar-refractivity contribution is 7.26. The first-order valence-electron chi connectivity index (χ1n) is 21.6. The van der Waals surface area contributed by atoms with Crippen LogP contribution in [0.25, 0.3) is 107 Å². The van der Waals surface area contributed by atoms with Gasteiger partial charge in [0, 0.05) is 68.1 Å². The van der Waals surface area contributed by atoms with E-state index < -0.39 is 0 Å². The van der Waals surface area contributed by atoms with Crippen LogP contribution in [0.4, 0.5) is 17.1 Å². The fourth-order valence-corrected chi connectivity index (χ4v) is 11.8. The van der Waals surface area contributed by atoms with Gasteiger partial charge in [-0.2, -0.15) is 0 Å². The lowest BCUT2D eigenvalue weighted by Gasteiger charge is -2.26. The van der Waals surface area contributed by atoms with Crippen molar-refractivity contribution in [3.05, 3.63) is 224 Å². The van der Waals surface area contributed by atoms with Gasteiger partial charge in [0.25, 0.3) is 0 Å². The second-order valence-corrected chi connectivity index (χ2v) is 18.6. The van der Waals surface area contributed by atoms with E-state index in [9.17, 15) is 0 Å². The van der Waals surface area contributed by atoms with Crippen molar-refractivity contribution in [3.8, 4) is 44.5 Å². The molecule has 300 valence electrons. The topological polar surface area (TPSA) is 16.4 Å². The second kappa shape index (κ2) is 15.0. The predicted molar refractivity (Wildman–Crippen MR) is 276 cm³/mol. The molecule has 13 aromatic rings. The van der Waals surface area contributed by atoms with Gasteiger partial charge in [0.2, 0.25) is 0 Å². The molecule has 13 rings (SSSR count). The van der Waals surface area contributed by atoms with Gasteiger partial charge in [0.05, 0.1) is 5.69 Å². The van der Waals surface area contributed by atoms with Crippen LogP contribution in [0.2, 0.25) is 0 Å². The summed E-state index contributed by atoms with van der Waals surface area (Å²) >= 11 is 3.71. The normalized spacial score (nSPS) is 11.8. The van der Waals surface area contributed by atoms with E-state index in [1.54, 1.807) is 0 Å². The number of para-hydroxylation sites is 1. The number of hydrogen-bond donors (Lipinski definition) is 0. The van der Waals surface area contributed by atoms with Crippen LogP contribution < -0.4 is 4.90 Å². The van der Waals surface area contributed by atoms with E-state index in [2.05, 4.69) is 229 Å². The highest BCUT2D eigenvalue weighted by atomic mass is 32.1. The summed E-state index contributed by atoms with van der Waals surface area (Å²) in [5.74, 6) is 0. The Morgan fingerprint density at radius 2 is 0.766 bits per heavy atom. The fraction of sp³-hybridized carbons (Fsp3) is 0. The van der Waals surface area contributed by atoms with Crippen molar-refractivity contribution in [3.63, 3.8) is 0 Å². The fourth-order valence-electron chi connectivity index (χ4n) is 9.61. The van der Waals surface area contributed by atoms with Gasteiger partial charge < -0.3 is 9.32 Å². The van der Waals surface area contributed by atoms with Crippen LogP contribution >= 0.6 is 22.7 Å². The molecule has 3 heterocycles. The van der Waals surface area contributed by atoms with Crippen molar-refractivity contribution >= 4 is 102 Å². The molecule has 4 heteroatoms. The van der Waals surface area contributed by atoms with Crippen molar-refractivity contribution in [2.45, 2.75) is 0 Å². The van der Waals surface area contributed by atoms with E-state index in [1.165, 1.54) is 62.6 Å². The molecule has 0 saturated carbocycles. The zero-order valence-electron chi connectivity index (χ0n) is 34.5. The largest absolute Gasteiger partial charge is 0.453 e. The van der Waals surface area contributed by atoms with Crippen molar-refractivity contribution in [2.75, 3.05) is 4.90 Å². The zero-order valence-corrected chi connectivity index (χ0v) is 36.2. The molecule has 0 radical (unpaired) electrons. The Morgan fingerprint density at radius 1 is 0.297 bits per heavy atom. The number of nitrogens with zero attached hydrogens (tertiary/aromatic N) is 1. The molecule has 0 aliphatic heterocycles. The van der Waals surface area contributed by atoms with Crippen LogP contribution in [0.1, 0.15) is 0 Å². The average molecular weight is 852 g/mol. The van der Waals surface area contributed by atoms with Crippen LogP contribution in [0.5, 0.6) is 0 Å². The molecule has 10 aromatic carbocycles. The lowest BCUT2D eigenvalue weighted by molar-refractivity contribution is 0.670. The summed E-state index contributed by atoms with van der Waals surface area (Å²) in [6.07, 6.45) is 0. The van der Waals surface area contributed by atoms with Crippen LogP contribution in [0.3, 0.4) is 0 Å². The highest BCUT2D eigenvalue weighted by Crippen LogP contribution is 2.48. The molecule has 64 heavy (non-hydrogen) atoms. The number of furan rings is 1. The third-order valence-electron chi connectivity index (χ3n) is 12.7. The Morgan fingerprint density at radius 3 is 1.33 bits per heavy atom. The molecule has 0 bridgehead atoms. The molecule has 0 amide bonds. The Bertz CT molecular complexity index is 3720. The minimum Gasteiger partial charge on any atom is -0.453 e. The summed E-state index contributed by atoms with van der Waals surface area (Å²) in [6.45, 7) is 0. The number of benzene rings is 10. The van der Waals surface area contributed by atoms with Crippen LogP contribution in [-0.2, 0) is 0 Å². The SMILES string of the molecule is c1ccc(-c2cccc3c2oc2c(N(c4ccc(-c5ccc6sc7ccccc7c6c5)cc4)c4ccc(-c5ccc6sc7ccccc7c6c5)cc4)ccc(-c4ccccc4)c23)cc1. The maximum Gasteiger partial charge on any atom is 0.160 e. The molecule has 0 aliphatic carbocycles. The third kappa shape index (κ3) is 6.06. The molecule has 0 spiro atoms. The molecular formula is C60H37NOS2. The van der Waals surface area contributed by atoms with Gasteiger partial charge in [-0.25, -0.2) is 0 Å². The minimum absolute atomic E-state index is 0.845.